The molecule has 0 aliphatic carbocycles. The molecule has 4 heteroatoms. The number of halogens is 1. The van der Waals surface area contributed by atoms with Crippen molar-refractivity contribution in [3.63, 3.8) is 0 Å². The average molecular weight is 265 g/mol. The number of isocyanates is 1. The highest BCUT2D eigenvalue weighted by atomic mass is 35.5. The van der Waals surface area contributed by atoms with Gasteiger partial charge in [-0.15, -0.1) is 0 Å². The van der Waals surface area contributed by atoms with Crippen LogP contribution in [0.3, 0.4) is 0 Å². The van der Waals surface area contributed by atoms with Crippen molar-refractivity contribution < 1.29 is 4.79 Å². The maximum Gasteiger partial charge on any atom is 0.235 e. The number of hydrogen-bond acceptors (Lipinski definition) is 3. The van der Waals surface area contributed by atoms with Gasteiger partial charge in [-0.3, -0.25) is 0 Å². The van der Waals surface area contributed by atoms with Crippen molar-refractivity contribution in [2.24, 2.45) is 4.99 Å². The van der Waals surface area contributed by atoms with Gasteiger partial charge in [0.1, 0.15) is 0 Å². The highest BCUT2D eigenvalue weighted by Crippen LogP contribution is 2.33. The van der Waals surface area contributed by atoms with Crippen molar-refractivity contribution in [1.82, 2.24) is 4.90 Å². The van der Waals surface area contributed by atoms with Crippen LogP contribution in [0, 0.1) is 0 Å². The Balaban J connectivity index is 2.11. The molecule has 1 aliphatic heterocycles. The van der Waals surface area contributed by atoms with E-state index >= 15 is 0 Å². The number of carbonyl (C=O) groups excluding carboxylic acids is 1. The smallest absolute Gasteiger partial charge is 0.235 e. The number of benzene rings is 1. The molecule has 96 valence electrons. The number of hydrogen-bond donors (Lipinski definition) is 0. The first-order chi connectivity index (χ1) is 8.70. The van der Waals surface area contributed by atoms with E-state index in [-0.39, 0.29) is 0 Å². The van der Waals surface area contributed by atoms with E-state index in [1.54, 1.807) is 6.08 Å². The molecule has 0 spiro atoms. The number of likely N-dealkylation sites (tertiary alicyclic amines) is 1. The van der Waals surface area contributed by atoms with Gasteiger partial charge in [0.15, 0.2) is 0 Å². The van der Waals surface area contributed by atoms with Gasteiger partial charge in [-0.25, -0.2) is 9.79 Å². The Morgan fingerprint density at radius 1 is 1.44 bits per heavy atom. The minimum Gasteiger partial charge on any atom is -0.306 e. The van der Waals surface area contributed by atoms with E-state index in [1.165, 1.54) is 5.56 Å². The number of nitrogens with zero attached hydrogens (tertiary/aromatic N) is 2. The Hall–Kier alpha value is -1.15. The predicted molar refractivity (Wildman–Crippen MR) is 72.7 cm³/mol. The molecular weight excluding hydrogens is 248 g/mol. The highest BCUT2D eigenvalue weighted by molar-refractivity contribution is 6.31. The van der Waals surface area contributed by atoms with Crippen molar-refractivity contribution in [3.05, 3.63) is 34.3 Å². The number of aliphatic imine (C=N–C) groups is 1. The lowest BCUT2D eigenvalue weighted by Gasteiger charge is -2.29. The van der Waals surface area contributed by atoms with Crippen molar-refractivity contribution in [3.8, 4) is 0 Å². The van der Waals surface area contributed by atoms with E-state index < -0.39 is 0 Å². The minimum absolute atomic E-state index is 0.358. The molecular formula is C14H17ClN2O. The molecule has 2 rings (SSSR count). The van der Waals surface area contributed by atoms with Crippen LogP contribution in [0.25, 0.3) is 0 Å². The van der Waals surface area contributed by atoms with Gasteiger partial charge < -0.3 is 4.90 Å². The summed E-state index contributed by atoms with van der Waals surface area (Å²) in [5.41, 5.74) is 2.18. The molecule has 0 unspecified atom stereocenters. The summed E-state index contributed by atoms with van der Waals surface area (Å²) < 4.78 is 0. The van der Waals surface area contributed by atoms with Crippen LogP contribution in [0.4, 0.5) is 0 Å². The van der Waals surface area contributed by atoms with Gasteiger partial charge >= 0.3 is 0 Å². The van der Waals surface area contributed by atoms with Crippen molar-refractivity contribution in [2.45, 2.75) is 25.3 Å². The Bertz CT molecular complexity index is 461. The summed E-state index contributed by atoms with van der Waals surface area (Å²) >= 11 is 6.32. The summed E-state index contributed by atoms with van der Waals surface area (Å²) in [7, 11) is 2.15. The fourth-order valence-electron chi connectivity index (χ4n) is 2.44. The molecule has 3 nitrogen and oxygen atoms in total. The van der Waals surface area contributed by atoms with Crippen LogP contribution in [0.1, 0.15) is 29.9 Å². The van der Waals surface area contributed by atoms with Crippen molar-refractivity contribution in [2.75, 3.05) is 20.1 Å². The van der Waals surface area contributed by atoms with E-state index in [0.29, 0.717) is 12.5 Å². The van der Waals surface area contributed by atoms with Crippen molar-refractivity contribution in [1.29, 1.82) is 0 Å². The third kappa shape index (κ3) is 3.20. The third-order valence-corrected chi connectivity index (χ3v) is 3.88. The van der Waals surface area contributed by atoms with Gasteiger partial charge in [-0.05, 0) is 56.1 Å². The van der Waals surface area contributed by atoms with Crippen LogP contribution < -0.4 is 0 Å². The van der Waals surface area contributed by atoms with Gasteiger partial charge in [-0.1, -0.05) is 23.7 Å². The summed E-state index contributed by atoms with van der Waals surface area (Å²) in [5, 5.41) is 0.795. The fraction of sp³-hybridized carbons (Fsp3) is 0.500. The van der Waals surface area contributed by atoms with Crippen LogP contribution in [-0.4, -0.2) is 31.1 Å². The first kappa shape index (κ1) is 13.3. The van der Waals surface area contributed by atoms with Gasteiger partial charge in [0, 0.05) is 5.02 Å². The molecule has 1 aromatic carbocycles. The predicted octanol–water partition coefficient (Wildman–Crippen LogP) is 2.99. The van der Waals surface area contributed by atoms with Gasteiger partial charge in [-0.2, -0.15) is 0 Å². The zero-order valence-electron chi connectivity index (χ0n) is 10.5. The zero-order valence-corrected chi connectivity index (χ0v) is 11.3. The lowest BCUT2D eigenvalue weighted by molar-refractivity contribution is 0.255. The Labute approximate surface area is 112 Å². The van der Waals surface area contributed by atoms with E-state index in [1.807, 2.05) is 12.1 Å². The molecule has 1 fully saturated rings. The third-order valence-electron chi connectivity index (χ3n) is 3.55. The van der Waals surface area contributed by atoms with Crippen molar-refractivity contribution >= 4 is 17.7 Å². The van der Waals surface area contributed by atoms with Crippen LogP contribution in [-0.2, 0) is 11.3 Å². The van der Waals surface area contributed by atoms with Gasteiger partial charge in [0.05, 0.1) is 6.54 Å². The van der Waals surface area contributed by atoms with Crippen LogP contribution in [0.2, 0.25) is 5.02 Å². The second-order valence-corrected chi connectivity index (χ2v) is 5.25. The molecule has 0 bridgehead atoms. The molecule has 0 amide bonds. The summed E-state index contributed by atoms with van der Waals surface area (Å²) in [4.78, 5) is 16.0. The molecule has 1 saturated heterocycles. The first-order valence-electron chi connectivity index (χ1n) is 6.21. The topological polar surface area (TPSA) is 32.7 Å². The molecule has 0 atom stereocenters. The normalized spacial score (nSPS) is 17.4. The van der Waals surface area contributed by atoms with Crippen LogP contribution in [0.15, 0.2) is 23.2 Å². The molecule has 0 radical (unpaired) electrons. The highest BCUT2D eigenvalue weighted by Gasteiger charge is 2.20. The Morgan fingerprint density at radius 3 is 2.78 bits per heavy atom. The first-order valence-corrected chi connectivity index (χ1v) is 6.59. The summed E-state index contributed by atoms with van der Waals surface area (Å²) in [6.45, 7) is 2.60. The molecule has 0 saturated carbocycles. The van der Waals surface area contributed by atoms with Gasteiger partial charge in [0.2, 0.25) is 6.08 Å². The Kier molecular flexibility index (Phi) is 4.54. The van der Waals surface area contributed by atoms with E-state index in [4.69, 9.17) is 11.6 Å². The molecule has 18 heavy (non-hydrogen) atoms. The molecule has 1 aliphatic rings. The van der Waals surface area contributed by atoms with E-state index in [2.05, 4.69) is 23.0 Å². The monoisotopic (exact) mass is 264 g/mol. The zero-order chi connectivity index (χ0) is 13.0. The summed E-state index contributed by atoms with van der Waals surface area (Å²) in [6.07, 6.45) is 3.85. The van der Waals surface area contributed by atoms with Gasteiger partial charge in [0.25, 0.3) is 0 Å². The fourth-order valence-corrected chi connectivity index (χ4v) is 2.80. The quantitative estimate of drug-likeness (QED) is 0.621. The maximum atomic E-state index is 10.1. The lowest BCUT2D eigenvalue weighted by atomic mass is 9.89. The molecule has 0 N–H and O–H groups in total. The number of piperidine rings is 1. The maximum absolute atomic E-state index is 10.1. The minimum atomic E-state index is 0.358. The van der Waals surface area contributed by atoms with E-state index in [0.717, 1.165) is 36.5 Å². The lowest BCUT2D eigenvalue weighted by Crippen LogP contribution is -2.29. The average Bonchev–Trinajstić information content (AvgIpc) is 2.38. The second-order valence-electron chi connectivity index (χ2n) is 4.84. The summed E-state index contributed by atoms with van der Waals surface area (Å²) in [6, 6.07) is 5.99. The number of rotatable bonds is 3. The molecule has 1 aromatic rings. The second kappa shape index (κ2) is 6.14. The Morgan fingerprint density at radius 2 is 2.17 bits per heavy atom. The van der Waals surface area contributed by atoms with E-state index in [9.17, 15) is 4.79 Å². The summed E-state index contributed by atoms with van der Waals surface area (Å²) in [5.74, 6) is 0.553. The van der Waals surface area contributed by atoms with Crippen LogP contribution in [0.5, 0.6) is 0 Å². The molecule has 0 aromatic heterocycles. The standard InChI is InChI=1S/C14H17ClN2O/c1-17-6-4-12(5-7-17)13-3-2-11(8-14(13)15)9-16-10-18/h2-3,8,12H,4-7,9H2,1H3. The largest absolute Gasteiger partial charge is 0.306 e. The SMILES string of the molecule is CN1CCC(c2ccc(CN=C=O)cc2Cl)CC1. The molecule has 1 heterocycles. The van der Waals surface area contributed by atoms with Crippen LogP contribution >= 0.6 is 11.6 Å².